The van der Waals surface area contributed by atoms with Gasteiger partial charge in [0.25, 0.3) is 11.4 Å². The zero-order valence-corrected chi connectivity index (χ0v) is 16.6. The van der Waals surface area contributed by atoms with Gasteiger partial charge in [-0.3, -0.25) is 0 Å². The molecule has 0 aliphatic heterocycles. The third-order valence-electron chi connectivity index (χ3n) is 6.06. The zero-order valence-electron chi connectivity index (χ0n) is 16.6. The number of hydrogen-bond acceptors (Lipinski definition) is 0. The van der Waals surface area contributed by atoms with Crippen molar-refractivity contribution in [1.29, 1.82) is 0 Å². The molecular weight excluding hydrogens is 340 g/mol. The molecule has 0 bridgehead atoms. The molecule has 0 N–H and O–H groups in total. The molecule has 28 heavy (non-hydrogen) atoms. The first-order chi connectivity index (χ1) is 13.6. The van der Waals surface area contributed by atoms with Gasteiger partial charge in [-0.25, -0.2) is 0 Å². The van der Waals surface area contributed by atoms with Crippen LogP contribution in [0.5, 0.6) is 0 Å². The van der Waals surface area contributed by atoms with Crippen LogP contribution in [-0.4, -0.2) is 0 Å². The molecule has 0 amide bonds. The summed E-state index contributed by atoms with van der Waals surface area (Å²) >= 11 is 0. The van der Waals surface area contributed by atoms with Gasteiger partial charge in [0.05, 0.1) is 6.42 Å². The van der Waals surface area contributed by atoms with Crippen LogP contribution in [0.25, 0.3) is 33.8 Å². The van der Waals surface area contributed by atoms with Crippen molar-refractivity contribution < 1.29 is 9.13 Å². The number of rotatable bonds is 2. The number of aryl methyl sites for hydroxylation is 1. The second-order valence-electron chi connectivity index (χ2n) is 7.64. The minimum atomic E-state index is 0.997. The lowest BCUT2D eigenvalue weighted by Gasteiger charge is -2.08. The molecule has 5 rings (SSSR count). The second kappa shape index (κ2) is 6.42. The molecule has 0 atom stereocenters. The number of pyridine rings is 2. The molecular formula is C26H24N2+2. The van der Waals surface area contributed by atoms with Gasteiger partial charge in [0.2, 0.25) is 5.69 Å². The largest absolute Gasteiger partial charge is 0.277 e. The Morgan fingerprint density at radius 3 is 2.07 bits per heavy atom. The summed E-state index contributed by atoms with van der Waals surface area (Å²) in [6, 6.07) is 28.5. The fourth-order valence-corrected chi connectivity index (χ4v) is 4.50. The predicted octanol–water partition coefficient (Wildman–Crippen LogP) is 4.55. The number of hydrogen-bond donors (Lipinski definition) is 0. The monoisotopic (exact) mass is 364 g/mol. The lowest BCUT2D eigenvalue weighted by Crippen LogP contribution is -2.42. The molecule has 2 aromatic heterocycles. The van der Waals surface area contributed by atoms with Gasteiger partial charge in [0.1, 0.15) is 14.1 Å². The van der Waals surface area contributed by atoms with Crippen molar-refractivity contribution in [3.8, 4) is 33.8 Å². The Morgan fingerprint density at radius 1 is 0.571 bits per heavy atom. The number of benzene rings is 2. The lowest BCUT2D eigenvalue weighted by molar-refractivity contribution is -0.689. The lowest BCUT2D eigenvalue weighted by atomic mass is 10.0. The van der Waals surface area contributed by atoms with Crippen LogP contribution in [0.3, 0.4) is 0 Å². The molecule has 2 heteroatoms. The fraction of sp³-hybridized carbons (Fsp3) is 0.154. The maximum atomic E-state index is 2.37. The molecule has 1 aliphatic rings. The minimum absolute atomic E-state index is 0.997. The highest BCUT2D eigenvalue weighted by atomic mass is 15.0. The van der Waals surface area contributed by atoms with E-state index in [-0.39, 0.29) is 0 Å². The summed E-state index contributed by atoms with van der Waals surface area (Å²) in [5, 5.41) is 0. The van der Waals surface area contributed by atoms with Gasteiger partial charge >= 0.3 is 0 Å². The molecule has 2 heterocycles. The van der Waals surface area contributed by atoms with E-state index in [0.717, 1.165) is 6.42 Å². The summed E-state index contributed by atoms with van der Waals surface area (Å²) in [5.41, 5.74) is 11.8. The standard InChI is InChI=1S/C26H24N2/c1-18-9-4-6-11-20(18)23-13-8-14-24(27(23)2)25-16-15-22-21-12-7-5-10-19(21)17-26(22)28(25)3/h4-16H,17H2,1-3H3/q+2. The summed E-state index contributed by atoms with van der Waals surface area (Å²) in [6.07, 6.45) is 0.997. The normalized spacial score (nSPS) is 12.0. The SMILES string of the molecule is Cc1ccccc1-c1cccc(-c2ccc3c([n+]2C)Cc2ccccc2-3)[n+]1C. The van der Waals surface area contributed by atoms with Crippen molar-refractivity contribution in [2.24, 2.45) is 14.1 Å². The molecule has 2 nitrogen and oxygen atoms in total. The van der Waals surface area contributed by atoms with Gasteiger partial charge in [0, 0.05) is 29.3 Å². The molecule has 0 saturated carbocycles. The average molecular weight is 364 g/mol. The number of nitrogens with zero attached hydrogens (tertiary/aromatic N) is 2. The molecule has 1 aliphatic carbocycles. The molecule has 0 spiro atoms. The third kappa shape index (κ3) is 2.49. The van der Waals surface area contributed by atoms with Crippen molar-refractivity contribution >= 4 is 0 Å². The van der Waals surface area contributed by atoms with Gasteiger partial charge in [-0.15, -0.1) is 0 Å². The first-order valence-corrected chi connectivity index (χ1v) is 9.81. The third-order valence-corrected chi connectivity index (χ3v) is 6.06. The highest BCUT2D eigenvalue weighted by Crippen LogP contribution is 2.35. The van der Waals surface area contributed by atoms with Crippen LogP contribution >= 0.6 is 0 Å². The Kier molecular flexibility index (Phi) is 3.87. The van der Waals surface area contributed by atoms with E-state index >= 15 is 0 Å². The number of aromatic nitrogens is 2. The quantitative estimate of drug-likeness (QED) is 0.406. The van der Waals surface area contributed by atoms with E-state index in [1.54, 1.807) is 0 Å². The molecule has 136 valence electrons. The van der Waals surface area contributed by atoms with Crippen molar-refractivity contribution in [2.45, 2.75) is 13.3 Å². The van der Waals surface area contributed by atoms with Crippen LogP contribution in [0.2, 0.25) is 0 Å². The predicted molar refractivity (Wildman–Crippen MR) is 113 cm³/mol. The van der Waals surface area contributed by atoms with E-state index in [0.29, 0.717) is 0 Å². The first kappa shape index (κ1) is 16.9. The minimum Gasteiger partial charge on any atom is -0.192 e. The van der Waals surface area contributed by atoms with Crippen molar-refractivity contribution in [1.82, 2.24) is 0 Å². The van der Waals surface area contributed by atoms with E-state index in [1.807, 2.05) is 0 Å². The first-order valence-electron chi connectivity index (χ1n) is 9.81. The van der Waals surface area contributed by atoms with Gasteiger partial charge in [-0.05, 0) is 41.8 Å². The smallest absolute Gasteiger partial charge is 0.192 e. The van der Waals surface area contributed by atoms with Crippen LogP contribution < -0.4 is 9.13 Å². The topological polar surface area (TPSA) is 7.76 Å². The zero-order chi connectivity index (χ0) is 19.3. The average Bonchev–Trinajstić information content (AvgIpc) is 3.09. The Hall–Kier alpha value is -3.26. The van der Waals surface area contributed by atoms with E-state index in [4.69, 9.17) is 0 Å². The van der Waals surface area contributed by atoms with Gasteiger partial charge in [-0.2, -0.15) is 9.13 Å². The van der Waals surface area contributed by atoms with Crippen LogP contribution in [0.1, 0.15) is 16.8 Å². The molecule has 0 radical (unpaired) electrons. The van der Waals surface area contributed by atoms with Gasteiger partial charge < -0.3 is 0 Å². The Labute approximate surface area is 166 Å². The van der Waals surface area contributed by atoms with Crippen LogP contribution in [0.4, 0.5) is 0 Å². The van der Waals surface area contributed by atoms with Crippen LogP contribution in [-0.2, 0) is 20.5 Å². The highest BCUT2D eigenvalue weighted by molar-refractivity contribution is 5.75. The van der Waals surface area contributed by atoms with Crippen molar-refractivity contribution in [3.63, 3.8) is 0 Å². The fourth-order valence-electron chi connectivity index (χ4n) is 4.50. The maximum absolute atomic E-state index is 2.37. The van der Waals surface area contributed by atoms with E-state index in [2.05, 4.69) is 109 Å². The Balaban J connectivity index is 1.67. The summed E-state index contributed by atoms with van der Waals surface area (Å²) < 4.78 is 4.68. The highest BCUT2D eigenvalue weighted by Gasteiger charge is 2.31. The van der Waals surface area contributed by atoms with Crippen molar-refractivity contribution in [3.05, 3.63) is 95.7 Å². The van der Waals surface area contributed by atoms with E-state index in [9.17, 15) is 0 Å². The summed E-state index contributed by atoms with van der Waals surface area (Å²) in [7, 11) is 4.36. The van der Waals surface area contributed by atoms with Crippen LogP contribution in [0, 0.1) is 6.92 Å². The molecule has 0 saturated heterocycles. The number of fused-ring (bicyclic) bond motifs is 3. The molecule has 4 aromatic rings. The summed E-state index contributed by atoms with van der Waals surface area (Å²) in [4.78, 5) is 0. The second-order valence-corrected chi connectivity index (χ2v) is 7.64. The van der Waals surface area contributed by atoms with Gasteiger partial charge in [0.15, 0.2) is 5.69 Å². The molecule has 0 unspecified atom stereocenters. The van der Waals surface area contributed by atoms with E-state index < -0.39 is 0 Å². The molecule has 2 aromatic carbocycles. The summed E-state index contributed by atoms with van der Waals surface area (Å²) in [5.74, 6) is 0. The molecule has 0 fully saturated rings. The van der Waals surface area contributed by atoms with Gasteiger partial charge in [-0.1, -0.05) is 42.5 Å². The van der Waals surface area contributed by atoms with E-state index in [1.165, 1.54) is 50.6 Å². The van der Waals surface area contributed by atoms with Crippen LogP contribution in [0.15, 0.2) is 78.9 Å². The maximum Gasteiger partial charge on any atom is 0.277 e. The Morgan fingerprint density at radius 2 is 1.25 bits per heavy atom. The van der Waals surface area contributed by atoms with Crippen molar-refractivity contribution in [2.75, 3.05) is 0 Å². The summed E-state index contributed by atoms with van der Waals surface area (Å²) in [6.45, 7) is 2.18. The Bertz CT molecular complexity index is 1220.